The summed E-state index contributed by atoms with van der Waals surface area (Å²) in [6.45, 7) is 2.29. The molecule has 1 saturated heterocycles. The summed E-state index contributed by atoms with van der Waals surface area (Å²) < 4.78 is 58.4. The molecule has 9 heteroatoms. The van der Waals surface area contributed by atoms with Crippen molar-refractivity contribution < 1.29 is 27.8 Å². The number of rotatable bonds is 9. The molecule has 3 aromatic rings. The summed E-state index contributed by atoms with van der Waals surface area (Å²) in [5.41, 5.74) is 2.33. The smallest absolute Gasteiger partial charge is 0.136 e. The van der Waals surface area contributed by atoms with Crippen LogP contribution in [0.2, 0.25) is 0 Å². The number of benzene rings is 2. The number of H-pyrrole nitrogens is 1. The maximum absolute atomic E-state index is 15.8. The third-order valence-electron chi connectivity index (χ3n) is 7.88. The van der Waals surface area contributed by atoms with E-state index in [1.165, 1.54) is 12.1 Å². The van der Waals surface area contributed by atoms with Crippen LogP contribution in [-0.4, -0.2) is 76.7 Å². The van der Waals surface area contributed by atoms with Crippen LogP contribution < -0.4 is 0 Å². The number of nitrogens with one attached hydrogen (secondary N) is 1. The summed E-state index contributed by atoms with van der Waals surface area (Å²) in [5, 5.41) is 21.1. The number of hydrogen-bond acceptors (Lipinski definition) is 4. The highest BCUT2D eigenvalue weighted by Crippen LogP contribution is 2.43. The minimum absolute atomic E-state index is 0.153. The summed E-state index contributed by atoms with van der Waals surface area (Å²) in [6, 6.07) is 8.81. The molecule has 3 N–H and O–H groups in total. The molecule has 2 aliphatic rings. The van der Waals surface area contributed by atoms with Crippen LogP contribution in [0.15, 0.2) is 36.4 Å². The minimum atomic E-state index is -1.57. The van der Waals surface area contributed by atoms with E-state index in [4.69, 9.17) is 0 Å². The van der Waals surface area contributed by atoms with Gasteiger partial charge in [0.1, 0.15) is 17.8 Å². The summed E-state index contributed by atoms with van der Waals surface area (Å²) in [5.74, 6) is -1.81. The van der Waals surface area contributed by atoms with Crippen molar-refractivity contribution in [3.63, 3.8) is 0 Å². The molecule has 3 heterocycles. The highest BCUT2D eigenvalue weighted by molar-refractivity contribution is 5.85. The molecule has 0 bridgehead atoms. The molecule has 37 heavy (non-hydrogen) atoms. The lowest BCUT2D eigenvalue weighted by Gasteiger charge is -2.42. The first kappa shape index (κ1) is 26.2. The van der Waals surface area contributed by atoms with Crippen molar-refractivity contribution in [3.8, 4) is 0 Å². The maximum atomic E-state index is 15.8. The zero-order chi connectivity index (χ0) is 26.3. The molecule has 4 atom stereocenters. The topological polar surface area (TPSA) is 62.7 Å². The number of fused-ring (bicyclic) bond motifs is 3. The Kier molecular flexibility index (Phi) is 7.58. The lowest BCUT2D eigenvalue weighted by molar-refractivity contribution is -0.00641. The molecule has 2 aromatic carbocycles. The van der Waals surface area contributed by atoms with Crippen LogP contribution in [0.5, 0.6) is 0 Å². The number of halogens is 4. The van der Waals surface area contributed by atoms with E-state index >= 15 is 8.78 Å². The van der Waals surface area contributed by atoms with E-state index in [0.29, 0.717) is 38.2 Å². The molecule has 0 amide bonds. The van der Waals surface area contributed by atoms with Crippen molar-refractivity contribution in [3.05, 3.63) is 70.4 Å². The van der Waals surface area contributed by atoms with Crippen molar-refractivity contribution in [1.29, 1.82) is 0 Å². The summed E-state index contributed by atoms with van der Waals surface area (Å²) in [7, 11) is 0. The lowest BCUT2D eigenvalue weighted by Crippen LogP contribution is -2.49. The molecule has 0 aliphatic carbocycles. The number of hydrogen-bond donors (Lipinski definition) is 3. The van der Waals surface area contributed by atoms with Gasteiger partial charge in [0.25, 0.3) is 0 Å². The van der Waals surface area contributed by atoms with Crippen molar-refractivity contribution >= 4 is 10.9 Å². The van der Waals surface area contributed by atoms with E-state index < -0.39 is 43.2 Å². The second kappa shape index (κ2) is 10.7. The second-order valence-electron chi connectivity index (χ2n) is 10.4. The molecule has 0 spiro atoms. The van der Waals surface area contributed by atoms with Gasteiger partial charge in [-0.15, -0.1) is 0 Å². The molecular formula is C28H33F4N3O2. The molecule has 1 aromatic heterocycles. The first-order valence-electron chi connectivity index (χ1n) is 12.9. The van der Waals surface area contributed by atoms with Crippen LogP contribution in [0.4, 0.5) is 17.6 Å². The molecule has 1 unspecified atom stereocenters. The third-order valence-corrected chi connectivity index (χ3v) is 7.88. The number of likely N-dealkylation sites (tertiary alicyclic amines) is 1. The van der Waals surface area contributed by atoms with Gasteiger partial charge in [0.05, 0.1) is 25.4 Å². The fourth-order valence-electron chi connectivity index (χ4n) is 5.97. The van der Waals surface area contributed by atoms with E-state index in [1.54, 1.807) is 4.90 Å². The van der Waals surface area contributed by atoms with Crippen LogP contribution in [-0.2, 0) is 6.42 Å². The molecule has 2 aliphatic heterocycles. The Morgan fingerprint density at radius 1 is 1.14 bits per heavy atom. The standard InChI is InChI=1S/C28H33F4N3O2/c1-16-9-21-20-5-2-3-6-24(20)33-26(21)27(35(16)14-19(30)15-36)25-22(31)10-17(11-23(25)32)28(37)18-12-34(13-18)8-4-7-29/h2-3,5-6,10-11,16,18-19,27-28,33,36-37H,4,7-9,12-15H2,1H3/t16-,19?,27-,28-/m1/s1. The number of alkyl halides is 2. The number of aliphatic hydroxyl groups is 2. The fraction of sp³-hybridized carbons (Fsp3) is 0.500. The van der Waals surface area contributed by atoms with Gasteiger partial charge in [-0.05, 0) is 49.1 Å². The van der Waals surface area contributed by atoms with E-state index in [1.807, 2.05) is 36.1 Å². The van der Waals surface area contributed by atoms with Gasteiger partial charge in [0.15, 0.2) is 0 Å². The van der Waals surface area contributed by atoms with Crippen LogP contribution in [0.25, 0.3) is 10.9 Å². The Balaban J connectivity index is 1.51. The summed E-state index contributed by atoms with van der Waals surface area (Å²) >= 11 is 0. The number of para-hydroxylation sites is 1. The number of nitrogens with zero attached hydrogens (tertiary/aromatic N) is 2. The Morgan fingerprint density at radius 3 is 2.51 bits per heavy atom. The molecule has 5 nitrogen and oxygen atoms in total. The monoisotopic (exact) mass is 519 g/mol. The molecule has 1 fully saturated rings. The predicted molar refractivity (Wildman–Crippen MR) is 134 cm³/mol. The maximum Gasteiger partial charge on any atom is 0.136 e. The van der Waals surface area contributed by atoms with Gasteiger partial charge in [0, 0.05) is 60.3 Å². The largest absolute Gasteiger partial charge is 0.393 e. The molecule has 5 rings (SSSR count). The van der Waals surface area contributed by atoms with Crippen LogP contribution in [0.1, 0.15) is 47.9 Å². The van der Waals surface area contributed by atoms with Gasteiger partial charge in [-0.2, -0.15) is 0 Å². The van der Waals surface area contributed by atoms with Gasteiger partial charge in [-0.25, -0.2) is 13.2 Å². The normalized spacial score (nSPS) is 22.7. The van der Waals surface area contributed by atoms with Gasteiger partial charge >= 0.3 is 0 Å². The van der Waals surface area contributed by atoms with Crippen LogP contribution in [0.3, 0.4) is 0 Å². The Morgan fingerprint density at radius 2 is 1.84 bits per heavy atom. The van der Waals surface area contributed by atoms with Crippen molar-refractivity contribution in [2.45, 2.75) is 44.1 Å². The molecule has 200 valence electrons. The average molecular weight is 520 g/mol. The Hall–Kier alpha value is -2.46. The fourth-order valence-corrected chi connectivity index (χ4v) is 5.97. The third kappa shape index (κ3) is 4.90. The van der Waals surface area contributed by atoms with Crippen molar-refractivity contribution in [2.75, 3.05) is 39.5 Å². The molecule has 0 radical (unpaired) electrons. The van der Waals surface area contributed by atoms with Gasteiger partial charge in [0.2, 0.25) is 0 Å². The molecule has 0 saturated carbocycles. The van der Waals surface area contributed by atoms with Crippen molar-refractivity contribution in [1.82, 2.24) is 14.8 Å². The van der Waals surface area contributed by atoms with Gasteiger partial charge in [-0.1, -0.05) is 18.2 Å². The first-order chi connectivity index (χ1) is 17.8. The first-order valence-corrected chi connectivity index (χ1v) is 12.9. The van der Waals surface area contributed by atoms with E-state index in [-0.39, 0.29) is 29.6 Å². The minimum Gasteiger partial charge on any atom is -0.393 e. The second-order valence-corrected chi connectivity index (χ2v) is 10.4. The summed E-state index contributed by atoms with van der Waals surface area (Å²) in [4.78, 5) is 7.02. The average Bonchev–Trinajstić information content (AvgIpc) is 3.22. The number of aromatic nitrogens is 1. The van der Waals surface area contributed by atoms with Crippen LogP contribution in [0, 0.1) is 17.6 Å². The SMILES string of the molecule is C[C@@H]1Cc2c([nH]c3ccccc23)[C@@H](c2c(F)cc([C@@H](O)C3CN(CCCF)C3)cc2F)N1CC(F)CO. The zero-order valence-corrected chi connectivity index (χ0v) is 20.8. The Bertz CT molecular complexity index is 1220. The van der Waals surface area contributed by atoms with Gasteiger partial charge in [-0.3, -0.25) is 9.29 Å². The Labute approximate surface area is 213 Å². The predicted octanol–water partition coefficient (Wildman–Crippen LogP) is 4.44. The lowest BCUT2D eigenvalue weighted by atomic mass is 9.85. The number of aromatic amines is 1. The van der Waals surface area contributed by atoms with Gasteiger partial charge < -0.3 is 20.1 Å². The van der Waals surface area contributed by atoms with E-state index in [9.17, 15) is 19.0 Å². The van der Waals surface area contributed by atoms with E-state index in [2.05, 4.69) is 4.98 Å². The number of aliphatic hydroxyl groups excluding tert-OH is 2. The molecular weight excluding hydrogens is 486 g/mol. The highest BCUT2D eigenvalue weighted by Gasteiger charge is 2.40. The van der Waals surface area contributed by atoms with E-state index in [0.717, 1.165) is 16.5 Å². The quantitative estimate of drug-likeness (QED) is 0.366. The van der Waals surface area contributed by atoms with Crippen molar-refractivity contribution in [2.24, 2.45) is 5.92 Å². The zero-order valence-electron chi connectivity index (χ0n) is 20.8. The highest BCUT2D eigenvalue weighted by atomic mass is 19.1. The van der Waals surface area contributed by atoms with Crippen LogP contribution >= 0.6 is 0 Å². The summed E-state index contributed by atoms with van der Waals surface area (Å²) in [6.07, 6.45) is -1.63.